The first-order chi connectivity index (χ1) is 12.6. The van der Waals surface area contributed by atoms with Gasteiger partial charge in [-0.2, -0.15) is 0 Å². The minimum atomic E-state index is -0.757. The standard InChI is InChI=1S/C18H19F2N3O3/c19-12-2-4-15(14(20)10-12)26-9-6-22-18(21)23-13-3-5-16-17(11-13)25-8-1-7-24-16/h2-5,10-11H,1,6-9H2,(H3,21,22,23). The first-order valence-electron chi connectivity index (χ1n) is 8.16. The van der Waals surface area contributed by atoms with Crippen molar-refractivity contribution in [2.45, 2.75) is 6.42 Å². The molecule has 3 rings (SSSR count). The topological polar surface area (TPSA) is 78.1 Å². The van der Waals surface area contributed by atoms with Gasteiger partial charge in [-0.05, 0) is 24.3 Å². The molecule has 1 heterocycles. The zero-order chi connectivity index (χ0) is 18.4. The number of hydrogen-bond donors (Lipinski definition) is 2. The number of nitrogens with zero attached hydrogens (tertiary/aromatic N) is 1. The molecule has 1 aliphatic heterocycles. The molecule has 0 aromatic heterocycles. The Labute approximate surface area is 149 Å². The third kappa shape index (κ3) is 4.75. The van der Waals surface area contributed by atoms with E-state index in [0.717, 1.165) is 18.6 Å². The quantitative estimate of drug-likeness (QED) is 0.485. The summed E-state index contributed by atoms with van der Waals surface area (Å²) in [5.41, 5.74) is 6.54. The van der Waals surface area contributed by atoms with Gasteiger partial charge in [0.15, 0.2) is 29.0 Å². The molecule has 0 unspecified atom stereocenters. The maximum absolute atomic E-state index is 13.4. The number of aliphatic imine (C=N–C) groups is 1. The molecule has 3 N–H and O–H groups in total. The second-order valence-corrected chi connectivity index (χ2v) is 5.53. The molecular formula is C18H19F2N3O3. The molecule has 8 heteroatoms. The van der Waals surface area contributed by atoms with Crippen LogP contribution in [0.5, 0.6) is 17.2 Å². The Kier molecular flexibility index (Phi) is 5.73. The van der Waals surface area contributed by atoms with E-state index in [0.29, 0.717) is 30.4 Å². The van der Waals surface area contributed by atoms with Crippen LogP contribution in [0.2, 0.25) is 0 Å². The Morgan fingerprint density at radius 2 is 1.92 bits per heavy atom. The Bertz CT molecular complexity index is 799. The van der Waals surface area contributed by atoms with Crippen molar-refractivity contribution < 1.29 is 23.0 Å². The van der Waals surface area contributed by atoms with Crippen molar-refractivity contribution in [1.29, 1.82) is 0 Å². The van der Waals surface area contributed by atoms with E-state index in [-0.39, 0.29) is 24.9 Å². The summed E-state index contributed by atoms with van der Waals surface area (Å²) in [5.74, 6) is 0.0797. The molecule has 138 valence electrons. The number of guanidine groups is 1. The number of nitrogens with two attached hydrogens (primary N) is 1. The molecule has 0 amide bonds. The summed E-state index contributed by atoms with van der Waals surface area (Å²) in [4.78, 5) is 4.10. The molecule has 0 bridgehead atoms. The number of halogens is 2. The zero-order valence-corrected chi connectivity index (χ0v) is 14.0. The normalized spacial score (nSPS) is 13.8. The summed E-state index contributed by atoms with van der Waals surface area (Å²) in [7, 11) is 0. The molecule has 2 aromatic carbocycles. The minimum absolute atomic E-state index is 0.0315. The summed E-state index contributed by atoms with van der Waals surface area (Å²) < 4.78 is 42.6. The highest BCUT2D eigenvalue weighted by Crippen LogP contribution is 2.32. The largest absolute Gasteiger partial charge is 0.490 e. The lowest BCUT2D eigenvalue weighted by Gasteiger charge is -2.11. The Morgan fingerprint density at radius 1 is 1.12 bits per heavy atom. The van der Waals surface area contributed by atoms with E-state index in [1.54, 1.807) is 18.2 Å². The van der Waals surface area contributed by atoms with Crippen LogP contribution < -0.4 is 25.3 Å². The van der Waals surface area contributed by atoms with Gasteiger partial charge < -0.3 is 25.3 Å². The third-order valence-corrected chi connectivity index (χ3v) is 3.54. The van der Waals surface area contributed by atoms with Gasteiger partial charge in [0.1, 0.15) is 12.4 Å². The summed E-state index contributed by atoms with van der Waals surface area (Å²) in [6.07, 6.45) is 0.829. The maximum atomic E-state index is 13.4. The molecule has 0 spiro atoms. The van der Waals surface area contributed by atoms with Crippen LogP contribution in [-0.2, 0) is 0 Å². The predicted molar refractivity (Wildman–Crippen MR) is 94.0 cm³/mol. The second kappa shape index (κ2) is 8.37. The van der Waals surface area contributed by atoms with Crippen molar-refractivity contribution in [3.05, 3.63) is 48.0 Å². The van der Waals surface area contributed by atoms with Gasteiger partial charge in [-0.1, -0.05) is 0 Å². The van der Waals surface area contributed by atoms with Crippen molar-refractivity contribution in [1.82, 2.24) is 0 Å². The first kappa shape index (κ1) is 17.8. The molecule has 6 nitrogen and oxygen atoms in total. The highest BCUT2D eigenvalue weighted by Gasteiger charge is 2.11. The molecule has 26 heavy (non-hydrogen) atoms. The van der Waals surface area contributed by atoms with Gasteiger partial charge in [0.25, 0.3) is 0 Å². The van der Waals surface area contributed by atoms with E-state index in [2.05, 4.69) is 10.3 Å². The monoisotopic (exact) mass is 363 g/mol. The van der Waals surface area contributed by atoms with Crippen LogP contribution in [0.25, 0.3) is 0 Å². The SMILES string of the molecule is NC(=NCCOc1ccc(F)cc1F)Nc1ccc2c(c1)OCCCO2. The van der Waals surface area contributed by atoms with Gasteiger partial charge in [-0.15, -0.1) is 0 Å². The Balaban J connectivity index is 1.51. The number of nitrogens with one attached hydrogen (secondary N) is 1. The average molecular weight is 363 g/mol. The molecule has 0 radical (unpaired) electrons. The van der Waals surface area contributed by atoms with Gasteiger partial charge in [0, 0.05) is 24.2 Å². The van der Waals surface area contributed by atoms with Crippen molar-refractivity contribution in [2.24, 2.45) is 10.7 Å². The lowest BCUT2D eigenvalue weighted by molar-refractivity contribution is 0.297. The smallest absolute Gasteiger partial charge is 0.193 e. The van der Waals surface area contributed by atoms with Crippen LogP contribution in [0.3, 0.4) is 0 Å². The lowest BCUT2D eigenvalue weighted by atomic mass is 10.3. The number of ether oxygens (including phenoxy) is 3. The summed E-state index contributed by atoms with van der Waals surface area (Å²) in [5, 5.41) is 2.94. The number of rotatable bonds is 5. The molecule has 0 aliphatic carbocycles. The average Bonchev–Trinajstić information content (AvgIpc) is 2.85. The van der Waals surface area contributed by atoms with Crippen molar-refractivity contribution in [2.75, 3.05) is 31.7 Å². The Morgan fingerprint density at radius 3 is 2.73 bits per heavy atom. The fourth-order valence-electron chi connectivity index (χ4n) is 2.34. The first-order valence-corrected chi connectivity index (χ1v) is 8.16. The fraction of sp³-hybridized carbons (Fsp3) is 0.278. The van der Waals surface area contributed by atoms with Crippen LogP contribution in [-0.4, -0.2) is 32.3 Å². The summed E-state index contributed by atoms with van der Waals surface area (Å²) >= 11 is 0. The molecule has 2 aromatic rings. The van der Waals surface area contributed by atoms with Crippen molar-refractivity contribution in [3.8, 4) is 17.2 Å². The fourth-order valence-corrected chi connectivity index (χ4v) is 2.34. The summed E-state index contributed by atoms with van der Waals surface area (Å²) in [6.45, 7) is 1.53. The van der Waals surface area contributed by atoms with Gasteiger partial charge in [0.2, 0.25) is 0 Å². The van der Waals surface area contributed by atoms with Crippen LogP contribution in [0.4, 0.5) is 14.5 Å². The van der Waals surface area contributed by atoms with E-state index in [9.17, 15) is 8.78 Å². The Hall–Kier alpha value is -3.03. The van der Waals surface area contributed by atoms with Gasteiger partial charge in [-0.25, -0.2) is 13.8 Å². The van der Waals surface area contributed by atoms with Crippen LogP contribution in [0, 0.1) is 11.6 Å². The third-order valence-electron chi connectivity index (χ3n) is 3.54. The minimum Gasteiger partial charge on any atom is -0.490 e. The molecule has 0 atom stereocenters. The van der Waals surface area contributed by atoms with E-state index in [1.165, 1.54) is 6.07 Å². The van der Waals surface area contributed by atoms with Gasteiger partial charge in [0.05, 0.1) is 19.8 Å². The molecule has 0 saturated carbocycles. The van der Waals surface area contributed by atoms with E-state index in [1.807, 2.05) is 0 Å². The van der Waals surface area contributed by atoms with E-state index in [4.69, 9.17) is 19.9 Å². The summed E-state index contributed by atoms with van der Waals surface area (Å²) in [6, 6.07) is 8.51. The van der Waals surface area contributed by atoms with E-state index >= 15 is 0 Å². The van der Waals surface area contributed by atoms with Gasteiger partial charge >= 0.3 is 0 Å². The van der Waals surface area contributed by atoms with Crippen LogP contribution in [0.15, 0.2) is 41.4 Å². The number of fused-ring (bicyclic) bond motifs is 1. The molecular weight excluding hydrogens is 344 g/mol. The lowest BCUT2D eigenvalue weighted by Crippen LogP contribution is -2.23. The number of anilines is 1. The number of benzene rings is 2. The molecule has 0 fully saturated rings. The van der Waals surface area contributed by atoms with Crippen molar-refractivity contribution in [3.63, 3.8) is 0 Å². The highest BCUT2D eigenvalue weighted by atomic mass is 19.1. The second-order valence-electron chi connectivity index (χ2n) is 5.53. The molecule has 1 aliphatic rings. The maximum Gasteiger partial charge on any atom is 0.193 e. The van der Waals surface area contributed by atoms with E-state index < -0.39 is 11.6 Å². The predicted octanol–water partition coefficient (Wildman–Crippen LogP) is 2.93. The number of hydrogen-bond acceptors (Lipinski definition) is 4. The molecule has 0 saturated heterocycles. The zero-order valence-electron chi connectivity index (χ0n) is 14.0. The highest BCUT2D eigenvalue weighted by molar-refractivity contribution is 5.92. The van der Waals surface area contributed by atoms with Crippen molar-refractivity contribution >= 4 is 11.6 Å². The van der Waals surface area contributed by atoms with Gasteiger partial charge in [-0.3, -0.25) is 0 Å². The van der Waals surface area contributed by atoms with Crippen LogP contribution >= 0.6 is 0 Å². The van der Waals surface area contributed by atoms with Crippen LogP contribution in [0.1, 0.15) is 6.42 Å².